The number of rotatable bonds is 4. The highest BCUT2D eigenvalue weighted by Crippen LogP contribution is 2.22. The van der Waals surface area contributed by atoms with Crippen LogP contribution in [0, 0.1) is 0 Å². The molecule has 0 bridgehead atoms. The number of imide groups is 1. The summed E-state index contributed by atoms with van der Waals surface area (Å²) in [5, 5.41) is 3.11. The van der Waals surface area contributed by atoms with Crippen LogP contribution in [0.1, 0.15) is 5.56 Å². The highest BCUT2D eigenvalue weighted by atomic mass is 16.2. The second-order valence-corrected chi connectivity index (χ2v) is 4.68. The lowest BCUT2D eigenvalue weighted by molar-refractivity contribution is -0.143. The predicted octanol–water partition coefficient (Wildman–Crippen LogP) is 0.253. The summed E-state index contributed by atoms with van der Waals surface area (Å²) in [5.41, 5.74) is 2.13. The second-order valence-electron chi connectivity index (χ2n) is 4.68. The SMILES string of the molecule is CNCCc1ccccc1N1CC(=O)N(C)C(=O)C1. The van der Waals surface area contributed by atoms with Gasteiger partial charge >= 0.3 is 0 Å². The Bertz CT molecular complexity index is 469. The van der Waals surface area contributed by atoms with Crippen molar-refractivity contribution in [3.63, 3.8) is 0 Å². The molecule has 1 aliphatic heterocycles. The maximum absolute atomic E-state index is 11.8. The van der Waals surface area contributed by atoms with Crippen LogP contribution in [0.4, 0.5) is 5.69 Å². The summed E-state index contributed by atoms with van der Waals surface area (Å²) in [5.74, 6) is -0.306. The Morgan fingerprint density at radius 3 is 2.42 bits per heavy atom. The van der Waals surface area contributed by atoms with Crippen molar-refractivity contribution in [3.05, 3.63) is 29.8 Å². The van der Waals surface area contributed by atoms with Gasteiger partial charge in [-0.2, -0.15) is 0 Å². The van der Waals surface area contributed by atoms with Gasteiger partial charge in [-0.05, 0) is 31.6 Å². The molecule has 0 spiro atoms. The van der Waals surface area contributed by atoms with Crippen molar-refractivity contribution in [2.24, 2.45) is 0 Å². The first kappa shape index (κ1) is 13.5. The van der Waals surface area contributed by atoms with Crippen LogP contribution < -0.4 is 10.2 Å². The fourth-order valence-corrected chi connectivity index (χ4v) is 2.19. The molecule has 5 heteroatoms. The number of benzene rings is 1. The van der Waals surface area contributed by atoms with Crippen LogP contribution >= 0.6 is 0 Å². The monoisotopic (exact) mass is 261 g/mol. The third kappa shape index (κ3) is 2.93. The fraction of sp³-hybridized carbons (Fsp3) is 0.429. The van der Waals surface area contributed by atoms with E-state index in [4.69, 9.17) is 0 Å². The van der Waals surface area contributed by atoms with Gasteiger partial charge in [0.25, 0.3) is 0 Å². The number of nitrogens with one attached hydrogen (secondary N) is 1. The number of carbonyl (C=O) groups is 2. The minimum Gasteiger partial charge on any atom is -0.353 e. The van der Waals surface area contributed by atoms with E-state index >= 15 is 0 Å². The molecule has 2 amide bonds. The highest BCUT2D eigenvalue weighted by Gasteiger charge is 2.28. The number of anilines is 1. The van der Waals surface area contributed by atoms with E-state index in [1.54, 1.807) is 0 Å². The third-order valence-corrected chi connectivity index (χ3v) is 3.38. The molecule has 1 aromatic carbocycles. The van der Waals surface area contributed by atoms with Gasteiger partial charge < -0.3 is 10.2 Å². The zero-order valence-corrected chi connectivity index (χ0v) is 11.3. The van der Waals surface area contributed by atoms with Crippen molar-refractivity contribution >= 4 is 17.5 Å². The maximum Gasteiger partial charge on any atom is 0.248 e. The van der Waals surface area contributed by atoms with Gasteiger partial charge in [0.1, 0.15) is 0 Å². The van der Waals surface area contributed by atoms with Crippen LogP contribution in [-0.4, -0.2) is 50.4 Å². The van der Waals surface area contributed by atoms with E-state index in [0.29, 0.717) is 0 Å². The van der Waals surface area contributed by atoms with Crippen molar-refractivity contribution in [1.29, 1.82) is 0 Å². The molecule has 1 fully saturated rings. The summed E-state index contributed by atoms with van der Waals surface area (Å²) in [4.78, 5) is 26.6. The minimum atomic E-state index is -0.153. The first-order valence-electron chi connectivity index (χ1n) is 6.40. The van der Waals surface area contributed by atoms with Crippen LogP contribution in [0.2, 0.25) is 0 Å². The van der Waals surface area contributed by atoms with E-state index in [1.165, 1.54) is 11.9 Å². The topological polar surface area (TPSA) is 52.7 Å². The molecule has 1 saturated heterocycles. The summed E-state index contributed by atoms with van der Waals surface area (Å²) in [6.07, 6.45) is 0.876. The Hall–Kier alpha value is -1.88. The summed E-state index contributed by atoms with van der Waals surface area (Å²) < 4.78 is 0. The van der Waals surface area contributed by atoms with Gasteiger partial charge in [-0.25, -0.2) is 0 Å². The van der Waals surface area contributed by atoms with E-state index in [2.05, 4.69) is 5.32 Å². The Morgan fingerprint density at radius 2 is 1.79 bits per heavy atom. The summed E-state index contributed by atoms with van der Waals surface area (Å²) in [6, 6.07) is 7.93. The molecule has 0 saturated carbocycles. The molecule has 2 rings (SSSR count). The molecule has 19 heavy (non-hydrogen) atoms. The molecule has 1 aromatic rings. The lowest BCUT2D eigenvalue weighted by atomic mass is 10.1. The van der Waals surface area contributed by atoms with Crippen molar-refractivity contribution in [2.75, 3.05) is 38.6 Å². The van der Waals surface area contributed by atoms with Crippen molar-refractivity contribution in [1.82, 2.24) is 10.2 Å². The molecule has 5 nitrogen and oxygen atoms in total. The van der Waals surface area contributed by atoms with Gasteiger partial charge in [-0.1, -0.05) is 18.2 Å². The quantitative estimate of drug-likeness (QED) is 0.790. The zero-order valence-electron chi connectivity index (χ0n) is 11.3. The predicted molar refractivity (Wildman–Crippen MR) is 74.1 cm³/mol. The molecule has 0 aliphatic carbocycles. The summed E-state index contributed by atoms with van der Waals surface area (Å²) in [6.45, 7) is 1.39. The highest BCUT2D eigenvalue weighted by molar-refractivity contribution is 6.02. The molecule has 0 unspecified atom stereocenters. The number of piperazine rings is 1. The Kier molecular flexibility index (Phi) is 4.16. The number of hydrogen-bond donors (Lipinski definition) is 1. The molecular weight excluding hydrogens is 242 g/mol. The smallest absolute Gasteiger partial charge is 0.248 e. The largest absolute Gasteiger partial charge is 0.353 e. The summed E-state index contributed by atoms with van der Waals surface area (Å²) in [7, 11) is 3.44. The number of amides is 2. The van der Waals surface area contributed by atoms with Gasteiger partial charge in [0.15, 0.2) is 0 Å². The van der Waals surface area contributed by atoms with E-state index in [0.717, 1.165) is 24.2 Å². The lowest BCUT2D eigenvalue weighted by Gasteiger charge is -2.33. The van der Waals surface area contributed by atoms with Crippen molar-refractivity contribution < 1.29 is 9.59 Å². The van der Waals surface area contributed by atoms with Crippen LogP contribution in [0.25, 0.3) is 0 Å². The van der Waals surface area contributed by atoms with E-state index in [-0.39, 0.29) is 24.9 Å². The third-order valence-electron chi connectivity index (χ3n) is 3.38. The van der Waals surface area contributed by atoms with E-state index < -0.39 is 0 Å². The number of para-hydroxylation sites is 1. The maximum atomic E-state index is 11.8. The van der Waals surface area contributed by atoms with E-state index in [9.17, 15) is 9.59 Å². The minimum absolute atomic E-state index is 0.153. The average Bonchev–Trinajstić information content (AvgIpc) is 2.42. The number of likely N-dealkylation sites (N-methyl/N-ethyl adjacent to an activating group) is 2. The lowest BCUT2D eigenvalue weighted by Crippen LogP contribution is -2.52. The molecular formula is C14H19N3O2. The Labute approximate surface area is 113 Å². The molecule has 1 heterocycles. The van der Waals surface area contributed by atoms with Gasteiger partial charge in [0, 0.05) is 12.7 Å². The second kappa shape index (κ2) is 5.84. The van der Waals surface area contributed by atoms with Crippen LogP contribution in [0.3, 0.4) is 0 Å². The molecule has 102 valence electrons. The summed E-state index contributed by atoms with van der Waals surface area (Å²) >= 11 is 0. The molecule has 1 aliphatic rings. The standard InChI is InChI=1S/C14H19N3O2/c1-15-8-7-11-5-3-4-6-12(11)17-9-13(18)16(2)14(19)10-17/h3-6,15H,7-10H2,1-2H3. The Balaban J connectivity index is 2.22. The van der Waals surface area contributed by atoms with Gasteiger partial charge in [-0.3, -0.25) is 14.5 Å². The molecule has 0 aromatic heterocycles. The van der Waals surface area contributed by atoms with Gasteiger partial charge in [0.2, 0.25) is 11.8 Å². The van der Waals surface area contributed by atoms with E-state index in [1.807, 2.05) is 36.2 Å². The Morgan fingerprint density at radius 1 is 1.16 bits per heavy atom. The molecule has 0 radical (unpaired) electrons. The van der Waals surface area contributed by atoms with Crippen LogP contribution in [0.15, 0.2) is 24.3 Å². The number of hydrogen-bond acceptors (Lipinski definition) is 4. The van der Waals surface area contributed by atoms with Crippen molar-refractivity contribution in [2.45, 2.75) is 6.42 Å². The first-order chi connectivity index (χ1) is 9.13. The van der Waals surface area contributed by atoms with Gasteiger partial charge in [0.05, 0.1) is 13.1 Å². The molecule has 1 N–H and O–H groups in total. The van der Waals surface area contributed by atoms with Crippen molar-refractivity contribution in [3.8, 4) is 0 Å². The van der Waals surface area contributed by atoms with Crippen LogP contribution in [-0.2, 0) is 16.0 Å². The first-order valence-corrected chi connectivity index (χ1v) is 6.40. The number of nitrogens with zero attached hydrogens (tertiary/aromatic N) is 2. The van der Waals surface area contributed by atoms with Crippen LogP contribution in [0.5, 0.6) is 0 Å². The normalized spacial score (nSPS) is 16.1. The average molecular weight is 261 g/mol. The fourth-order valence-electron chi connectivity index (χ4n) is 2.19. The molecule has 0 atom stereocenters. The number of carbonyl (C=O) groups excluding carboxylic acids is 2. The zero-order chi connectivity index (χ0) is 13.8. The van der Waals surface area contributed by atoms with Gasteiger partial charge in [-0.15, -0.1) is 0 Å².